The Labute approximate surface area is 190 Å². The number of carbonyl (C=O) groups is 2. The minimum atomic E-state index is 0.0870. The van der Waals surface area contributed by atoms with Crippen molar-refractivity contribution in [3.63, 3.8) is 0 Å². The SMILES string of the molecule is CN(C(=O)c1ccc2c(c1)CCCN2C(=O)CCc1ccc(C#N)cc1)C1CCCCC1. The van der Waals surface area contributed by atoms with Crippen molar-refractivity contribution in [2.24, 2.45) is 0 Å². The Kier molecular flexibility index (Phi) is 6.90. The number of nitriles is 1. The molecule has 1 heterocycles. The van der Waals surface area contributed by atoms with Crippen LogP contribution >= 0.6 is 0 Å². The summed E-state index contributed by atoms with van der Waals surface area (Å²) in [7, 11) is 1.93. The van der Waals surface area contributed by atoms with E-state index in [0.29, 0.717) is 31.0 Å². The van der Waals surface area contributed by atoms with Gasteiger partial charge in [0.1, 0.15) is 0 Å². The normalized spacial score (nSPS) is 16.2. The van der Waals surface area contributed by atoms with E-state index in [9.17, 15) is 9.59 Å². The van der Waals surface area contributed by atoms with Gasteiger partial charge < -0.3 is 9.80 Å². The zero-order chi connectivity index (χ0) is 22.5. The van der Waals surface area contributed by atoms with Gasteiger partial charge in [-0.3, -0.25) is 9.59 Å². The van der Waals surface area contributed by atoms with Crippen molar-refractivity contribution in [3.8, 4) is 6.07 Å². The molecule has 2 aromatic rings. The molecule has 2 aromatic carbocycles. The van der Waals surface area contributed by atoms with E-state index >= 15 is 0 Å². The van der Waals surface area contributed by atoms with Crippen LogP contribution < -0.4 is 4.90 Å². The number of aryl methyl sites for hydroxylation is 2. The molecule has 1 saturated carbocycles. The lowest BCUT2D eigenvalue weighted by atomic mass is 9.93. The first-order chi connectivity index (χ1) is 15.6. The van der Waals surface area contributed by atoms with Gasteiger partial charge in [-0.2, -0.15) is 5.26 Å². The Hall–Kier alpha value is -3.13. The largest absolute Gasteiger partial charge is 0.339 e. The molecule has 5 heteroatoms. The van der Waals surface area contributed by atoms with Crippen LogP contribution in [0.2, 0.25) is 0 Å². The molecule has 0 unspecified atom stereocenters. The smallest absolute Gasteiger partial charge is 0.253 e. The first-order valence-corrected chi connectivity index (χ1v) is 11.8. The summed E-state index contributed by atoms with van der Waals surface area (Å²) >= 11 is 0. The summed E-state index contributed by atoms with van der Waals surface area (Å²) in [5, 5.41) is 8.93. The maximum Gasteiger partial charge on any atom is 0.253 e. The standard InChI is InChI=1S/C27H31N3O2/c1-29(24-7-3-2-4-8-24)27(32)23-14-15-25-22(18-23)6-5-17-30(25)26(31)16-13-20-9-11-21(19-28)12-10-20/h9-12,14-15,18,24H,2-8,13,16-17H2,1H3. The van der Waals surface area contributed by atoms with Crippen molar-refractivity contribution in [1.29, 1.82) is 5.26 Å². The predicted molar refractivity (Wildman–Crippen MR) is 126 cm³/mol. The molecule has 2 aliphatic rings. The molecular weight excluding hydrogens is 398 g/mol. The number of carbonyl (C=O) groups excluding carboxylic acids is 2. The van der Waals surface area contributed by atoms with Crippen molar-refractivity contribution in [2.45, 2.75) is 63.8 Å². The predicted octanol–water partition coefficient (Wildman–Crippen LogP) is 4.87. The highest BCUT2D eigenvalue weighted by molar-refractivity contribution is 5.98. The fourth-order valence-corrected chi connectivity index (χ4v) is 4.96. The van der Waals surface area contributed by atoms with Crippen LogP contribution in [0.5, 0.6) is 0 Å². The van der Waals surface area contributed by atoms with Crippen molar-refractivity contribution in [3.05, 3.63) is 64.7 Å². The first-order valence-electron chi connectivity index (χ1n) is 11.8. The Morgan fingerprint density at radius 1 is 1.06 bits per heavy atom. The summed E-state index contributed by atoms with van der Waals surface area (Å²) in [6.07, 6.45) is 8.73. The molecule has 0 aromatic heterocycles. The number of amides is 2. The Bertz CT molecular complexity index is 1020. The van der Waals surface area contributed by atoms with Crippen LogP contribution in [-0.2, 0) is 17.6 Å². The zero-order valence-corrected chi connectivity index (χ0v) is 18.8. The molecule has 0 atom stereocenters. The monoisotopic (exact) mass is 429 g/mol. The van der Waals surface area contributed by atoms with E-state index in [2.05, 4.69) is 6.07 Å². The third-order valence-corrected chi connectivity index (χ3v) is 6.90. The molecule has 2 amide bonds. The second-order valence-corrected chi connectivity index (χ2v) is 9.01. The van der Waals surface area contributed by atoms with Crippen LogP contribution in [0.25, 0.3) is 0 Å². The third kappa shape index (κ3) is 4.85. The number of nitrogens with zero attached hydrogens (tertiary/aromatic N) is 3. The quantitative estimate of drug-likeness (QED) is 0.681. The molecule has 4 rings (SSSR count). The fraction of sp³-hybridized carbons (Fsp3) is 0.444. The molecule has 1 aliphatic heterocycles. The molecule has 32 heavy (non-hydrogen) atoms. The van der Waals surface area contributed by atoms with Gasteiger partial charge >= 0.3 is 0 Å². The highest BCUT2D eigenvalue weighted by Crippen LogP contribution is 2.30. The van der Waals surface area contributed by atoms with E-state index in [1.54, 1.807) is 12.1 Å². The number of hydrogen-bond acceptors (Lipinski definition) is 3. The van der Waals surface area contributed by atoms with Gasteiger partial charge in [-0.05, 0) is 73.6 Å². The van der Waals surface area contributed by atoms with Crippen LogP contribution in [0.3, 0.4) is 0 Å². The minimum absolute atomic E-state index is 0.0870. The third-order valence-electron chi connectivity index (χ3n) is 6.90. The lowest BCUT2D eigenvalue weighted by Crippen LogP contribution is -2.39. The average Bonchev–Trinajstić information content (AvgIpc) is 2.86. The van der Waals surface area contributed by atoms with Crippen LogP contribution in [0.4, 0.5) is 5.69 Å². The molecule has 0 bridgehead atoms. The van der Waals surface area contributed by atoms with Crippen LogP contribution in [-0.4, -0.2) is 36.3 Å². The molecular formula is C27H31N3O2. The topological polar surface area (TPSA) is 64.4 Å². The van der Waals surface area contributed by atoms with Gasteiger partial charge in [-0.15, -0.1) is 0 Å². The molecule has 1 fully saturated rings. The van der Waals surface area contributed by atoms with Crippen molar-refractivity contribution < 1.29 is 9.59 Å². The molecule has 166 valence electrons. The van der Waals surface area contributed by atoms with Crippen LogP contribution in [0, 0.1) is 11.3 Å². The molecule has 0 N–H and O–H groups in total. The summed E-state index contributed by atoms with van der Waals surface area (Å²) in [6.45, 7) is 0.717. The summed E-state index contributed by atoms with van der Waals surface area (Å²) in [6, 6.07) is 15.7. The van der Waals surface area contributed by atoms with Gasteiger partial charge in [0.15, 0.2) is 0 Å². The van der Waals surface area contributed by atoms with Gasteiger partial charge in [-0.1, -0.05) is 31.4 Å². The second-order valence-electron chi connectivity index (χ2n) is 9.01. The van der Waals surface area contributed by atoms with E-state index in [4.69, 9.17) is 5.26 Å². The average molecular weight is 430 g/mol. The zero-order valence-electron chi connectivity index (χ0n) is 18.8. The van der Waals surface area contributed by atoms with E-state index in [1.165, 1.54) is 19.3 Å². The Morgan fingerprint density at radius 2 is 1.81 bits per heavy atom. The van der Waals surface area contributed by atoms with Crippen molar-refractivity contribution in [2.75, 3.05) is 18.5 Å². The van der Waals surface area contributed by atoms with E-state index in [0.717, 1.165) is 48.1 Å². The van der Waals surface area contributed by atoms with Gasteiger partial charge in [0.05, 0.1) is 11.6 Å². The first kappa shape index (κ1) is 22.1. The van der Waals surface area contributed by atoms with E-state index in [-0.39, 0.29) is 11.8 Å². The van der Waals surface area contributed by atoms with Crippen molar-refractivity contribution in [1.82, 2.24) is 4.90 Å². The number of anilines is 1. The molecule has 1 aliphatic carbocycles. The van der Waals surface area contributed by atoms with Gasteiger partial charge in [-0.25, -0.2) is 0 Å². The lowest BCUT2D eigenvalue weighted by molar-refractivity contribution is -0.118. The molecule has 0 spiro atoms. The summed E-state index contributed by atoms with van der Waals surface area (Å²) in [5.41, 5.74) is 4.44. The maximum atomic E-state index is 13.1. The summed E-state index contributed by atoms with van der Waals surface area (Å²) in [5.74, 6) is 0.192. The van der Waals surface area contributed by atoms with Crippen LogP contribution in [0.15, 0.2) is 42.5 Å². The molecule has 0 saturated heterocycles. The van der Waals surface area contributed by atoms with E-state index < -0.39 is 0 Å². The fourth-order valence-electron chi connectivity index (χ4n) is 4.96. The molecule has 5 nitrogen and oxygen atoms in total. The minimum Gasteiger partial charge on any atom is -0.339 e. The highest BCUT2D eigenvalue weighted by atomic mass is 16.2. The van der Waals surface area contributed by atoms with Crippen molar-refractivity contribution >= 4 is 17.5 Å². The maximum absolute atomic E-state index is 13.1. The van der Waals surface area contributed by atoms with E-state index in [1.807, 2.05) is 47.2 Å². The van der Waals surface area contributed by atoms with Gasteiger partial charge in [0.25, 0.3) is 5.91 Å². The molecule has 0 radical (unpaired) electrons. The number of fused-ring (bicyclic) bond motifs is 1. The van der Waals surface area contributed by atoms with Gasteiger partial charge in [0.2, 0.25) is 5.91 Å². The summed E-state index contributed by atoms with van der Waals surface area (Å²) < 4.78 is 0. The lowest BCUT2D eigenvalue weighted by Gasteiger charge is -2.32. The number of hydrogen-bond donors (Lipinski definition) is 0. The second kappa shape index (κ2) is 9.99. The van der Waals surface area contributed by atoms with Crippen LogP contribution in [0.1, 0.15) is 72.0 Å². The summed E-state index contributed by atoms with van der Waals surface area (Å²) in [4.78, 5) is 29.9. The highest BCUT2D eigenvalue weighted by Gasteiger charge is 2.26. The number of rotatable bonds is 5. The van der Waals surface area contributed by atoms with Gasteiger partial charge in [0, 0.05) is 37.3 Å². The number of benzene rings is 2. The Balaban J connectivity index is 1.43. The Morgan fingerprint density at radius 3 is 2.53 bits per heavy atom.